The van der Waals surface area contributed by atoms with Gasteiger partial charge in [0.25, 0.3) is 5.91 Å². The summed E-state index contributed by atoms with van der Waals surface area (Å²) in [5.74, 6) is -0.0954. The van der Waals surface area contributed by atoms with Crippen LogP contribution in [0.5, 0.6) is 0 Å². The molecule has 4 rings (SSSR count). The molecule has 2 amide bonds. The number of anilines is 1. The summed E-state index contributed by atoms with van der Waals surface area (Å²) in [6.45, 7) is 2.14. The number of fused-ring (bicyclic) bond motifs is 1. The largest absolute Gasteiger partial charge is 0.326 e. The van der Waals surface area contributed by atoms with Crippen LogP contribution in [-0.4, -0.2) is 38.0 Å². The molecule has 0 saturated heterocycles. The van der Waals surface area contributed by atoms with Gasteiger partial charge in [-0.2, -0.15) is 5.10 Å². The van der Waals surface area contributed by atoms with Crippen molar-refractivity contribution < 1.29 is 9.59 Å². The molecule has 8 nitrogen and oxygen atoms in total. The van der Waals surface area contributed by atoms with Crippen LogP contribution in [0.2, 0.25) is 10.0 Å². The molecule has 160 valence electrons. The van der Waals surface area contributed by atoms with E-state index in [0.717, 1.165) is 16.7 Å². The van der Waals surface area contributed by atoms with Gasteiger partial charge < -0.3 is 16.0 Å². The summed E-state index contributed by atoms with van der Waals surface area (Å²) < 4.78 is 1.54. The number of hydrogen-bond donors (Lipinski definition) is 2. The number of hydrogen-bond acceptors (Lipinski definition) is 5. The highest BCUT2D eigenvalue weighted by Crippen LogP contribution is 2.39. The Morgan fingerprint density at radius 1 is 1.29 bits per heavy atom. The number of carbonyl (C=O) groups is 2. The van der Waals surface area contributed by atoms with Crippen LogP contribution in [0.15, 0.2) is 30.5 Å². The second kappa shape index (κ2) is 8.30. The molecule has 3 aromatic rings. The summed E-state index contributed by atoms with van der Waals surface area (Å²) >= 11 is 12.5. The van der Waals surface area contributed by atoms with Gasteiger partial charge in [-0.15, -0.1) is 0 Å². The van der Waals surface area contributed by atoms with Gasteiger partial charge in [0, 0.05) is 53.1 Å². The van der Waals surface area contributed by atoms with Gasteiger partial charge in [0.15, 0.2) is 0 Å². The molecule has 10 heteroatoms. The van der Waals surface area contributed by atoms with Crippen LogP contribution in [0.4, 0.5) is 5.82 Å². The summed E-state index contributed by atoms with van der Waals surface area (Å²) in [6, 6.07) is 6.87. The van der Waals surface area contributed by atoms with E-state index < -0.39 is 0 Å². The van der Waals surface area contributed by atoms with Crippen molar-refractivity contribution in [3.05, 3.63) is 63.0 Å². The zero-order valence-corrected chi connectivity index (χ0v) is 18.5. The molecule has 2 aromatic heterocycles. The molecule has 0 unspecified atom stereocenters. The van der Waals surface area contributed by atoms with E-state index in [1.807, 2.05) is 0 Å². The van der Waals surface area contributed by atoms with Crippen molar-refractivity contribution in [2.45, 2.75) is 20.0 Å². The smallest absolute Gasteiger partial charge is 0.273 e. The van der Waals surface area contributed by atoms with Crippen molar-refractivity contribution in [3.63, 3.8) is 0 Å². The third-order valence-corrected chi connectivity index (χ3v) is 5.82. The molecule has 3 N–H and O–H groups in total. The van der Waals surface area contributed by atoms with Crippen LogP contribution in [0.25, 0.3) is 11.1 Å². The van der Waals surface area contributed by atoms with Crippen LogP contribution in [0.3, 0.4) is 0 Å². The average molecular weight is 459 g/mol. The number of halogens is 2. The highest BCUT2D eigenvalue weighted by atomic mass is 35.5. The minimum absolute atomic E-state index is 0.120. The normalized spacial score (nSPS) is 12.9. The van der Waals surface area contributed by atoms with Crippen molar-refractivity contribution in [3.8, 4) is 11.1 Å². The van der Waals surface area contributed by atoms with Crippen LogP contribution < -0.4 is 11.1 Å². The van der Waals surface area contributed by atoms with Crippen molar-refractivity contribution in [1.29, 1.82) is 0 Å². The molecule has 1 aliphatic heterocycles. The lowest BCUT2D eigenvalue weighted by atomic mass is 9.93. The first kappa shape index (κ1) is 21.3. The van der Waals surface area contributed by atoms with E-state index in [1.165, 1.54) is 9.58 Å². The van der Waals surface area contributed by atoms with E-state index in [2.05, 4.69) is 15.4 Å². The molecule has 0 saturated carbocycles. The molecule has 3 heterocycles. The Kier molecular flexibility index (Phi) is 5.70. The van der Waals surface area contributed by atoms with Gasteiger partial charge in [-0.1, -0.05) is 29.3 Å². The summed E-state index contributed by atoms with van der Waals surface area (Å²) in [5, 5.41) is 7.73. The van der Waals surface area contributed by atoms with Crippen molar-refractivity contribution in [2.24, 2.45) is 12.8 Å². The molecule has 0 fully saturated rings. The minimum Gasteiger partial charge on any atom is -0.326 e. The molecule has 0 spiro atoms. The Labute approximate surface area is 189 Å². The van der Waals surface area contributed by atoms with Crippen molar-refractivity contribution in [1.82, 2.24) is 19.7 Å². The number of carbonyl (C=O) groups excluding carboxylic acids is 2. The van der Waals surface area contributed by atoms with Crippen molar-refractivity contribution in [2.75, 3.05) is 11.9 Å². The maximum Gasteiger partial charge on any atom is 0.273 e. The Morgan fingerprint density at radius 3 is 2.71 bits per heavy atom. The Balaban J connectivity index is 1.70. The summed E-state index contributed by atoms with van der Waals surface area (Å²) in [6.07, 6.45) is 1.58. The Bertz CT molecular complexity index is 1210. The fourth-order valence-corrected chi connectivity index (χ4v) is 4.28. The molecule has 31 heavy (non-hydrogen) atoms. The molecule has 0 atom stereocenters. The Morgan fingerprint density at radius 2 is 2.06 bits per heavy atom. The lowest BCUT2D eigenvalue weighted by Gasteiger charge is -2.17. The number of rotatable bonds is 5. The van der Waals surface area contributed by atoms with Gasteiger partial charge in [-0.05, 0) is 30.2 Å². The topological polar surface area (TPSA) is 106 Å². The highest BCUT2D eigenvalue weighted by molar-refractivity contribution is 6.36. The van der Waals surface area contributed by atoms with Gasteiger partial charge in [0.1, 0.15) is 18.1 Å². The van der Waals surface area contributed by atoms with Gasteiger partial charge in [0.05, 0.1) is 6.20 Å². The predicted molar refractivity (Wildman–Crippen MR) is 119 cm³/mol. The number of nitrogens with two attached hydrogens (primary N) is 1. The first-order valence-corrected chi connectivity index (χ1v) is 10.3. The van der Waals surface area contributed by atoms with Gasteiger partial charge in [-0.25, -0.2) is 4.98 Å². The zero-order valence-electron chi connectivity index (χ0n) is 16.9. The molecule has 1 aromatic carbocycles. The first-order chi connectivity index (χ1) is 14.8. The number of amides is 2. The second-order valence-corrected chi connectivity index (χ2v) is 8.10. The van der Waals surface area contributed by atoms with Crippen molar-refractivity contribution >= 4 is 40.8 Å². The lowest BCUT2D eigenvalue weighted by Crippen LogP contribution is -2.34. The SMILES string of the molecule is Cc1nc2c(c(-c3ccc(Cl)cc3Cl)c1CN)CN(CC(=O)Nc1ccnn1C)C2=O. The molecule has 0 bridgehead atoms. The van der Waals surface area contributed by atoms with E-state index in [9.17, 15) is 9.59 Å². The third-order valence-electron chi connectivity index (χ3n) is 5.27. The number of pyridine rings is 1. The minimum atomic E-state index is -0.327. The summed E-state index contributed by atoms with van der Waals surface area (Å²) in [5.41, 5.74) is 9.98. The summed E-state index contributed by atoms with van der Waals surface area (Å²) in [4.78, 5) is 31.5. The number of aryl methyl sites for hydroxylation is 2. The van der Waals surface area contributed by atoms with E-state index in [1.54, 1.807) is 44.4 Å². The van der Waals surface area contributed by atoms with Crippen LogP contribution >= 0.6 is 23.2 Å². The van der Waals surface area contributed by atoms with E-state index >= 15 is 0 Å². The van der Waals surface area contributed by atoms with Crippen LogP contribution in [0.1, 0.15) is 27.3 Å². The average Bonchev–Trinajstić information content (AvgIpc) is 3.25. The number of benzene rings is 1. The maximum atomic E-state index is 13.1. The number of nitrogens with zero attached hydrogens (tertiary/aromatic N) is 4. The van der Waals surface area contributed by atoms with Gasteiger partial charge >= 0.3 is 0 Å². The predicted octanol–water partition coefficient (Wildman–Crippen LogP) is 3.15. The molecule has 0 radical (unpaired) electrons. The van der Waals surface area contributed by atoms with Gasteiger partial charge in [0.2, 0.25) is 5.91 Å². The quantitative estimate of drug-likeness (QED) is 0.610. The number of nitrogens with one attached hydrogen (secondary N) is 1. The lowest BCUT2D eigenvalue weighted by molar-refractivity contribution is -0.117. The van der Waals surface area contributed by atoms with E-state index in [0.29, 0.717) is 32.8 Å². The standard InChI is InChI=1S/C21H20Cl2N6O2/c1-11-14(8-24)19(13-4-3-12(22)7-16(13)23)15-9-29(21(31)20(15)26-11)10-18(30)27-17-5-6-25-28(17)2/h3-7H,8-10,24H2,1-2H3,(H,27,30). The summed E-state index contributed by atoms with van der Waals surface area (Å²) in [7, 11) is 1.72. The fraction of sp³-hybridized carbons (Fsp3) is 0.238. The molecular weight excluding hydrogens is 439 g/mol. The molecule has 0 aliphatic carbocycles. The second-order valence-electron chi connectivity index (χ2n) is 7.26. The monoisotopic (exact) mass is 458 g/mol. The Hall–Kier alpha value is -2.94. The van der Waals surface area contributed by atoms with E-state index in [-0.39, 0.29) is 31.4 Å². The zero-order chi connectivity index (χ0) is 22.3. The number of aromatic nitrogens is 3. The first-order valence-electron chi connectivity index (χ1n) is 9.55. The van der Waals surface area contributed by atoms with E-state index in [4.69, 9.17) is 28.9 Å². The maximum absolute atomic E-state index is 13.1. The highest BCUT2D eigenvalue weighted by Gasteiger charge is 2.34. The van der Waals surface area contributed by atoms with Gasteiger partial charge in [-0.3, -0.25) is 14.3 Å². The molecule has 1 aliphatic rings. The van der Waals surface area contributed by atoms with Crippen LogP contribution in [-0.2, 0) is 24.9 Å². The third kappa shape index (κ3) is 3.89. The van der Waals surface area contributed by atoms with Crippen LogP contribution in [0, 0.1) is 6.92 Å². The fourth-order valence-electron chi connectivity index (χ4n) is 3.77. The molecular formula is C21H20Cl2N6O2.